The number of benzene rings is 2. The normalized spacial score (nSPS) is 16.9. The van der Waals surface area contributed by atoms with Crippen molar-refractivity contribution in [1.82, 2.24) is 14.9 Å². The van der Waals surface area contributed by atoms with Crippen LogP contribution in [0.1, 0.15) is 68.6 Å². The van der Waals surface area contributed by atoms with Crippen molar-refractivity contribution in [2.45, 2.75) is 72.4 Å². The van der Waals surface area contributed by atoms with Crippen LogP contribution in [0.5, 0.6) is 5.75 Å². The van der Waals surface area contributed by atoms with Gasteiger partial charge < -0.3 is 20.4 Å². The van der Waals surface area contributed by atoms with Crippen LogP contribution in [-0.4, -0.2) is 39.3 Å². The van der Waals surface area contributed by atoms with Crippen LogP contribution in [-0.2, 0) is 16.0 Å². The van der Waals surface area contributed by atoms with Crippen molar-refractivity contribution in [2.75, 3.05) is 6.54 Å². The highest BCUT2D eigenvalue weighted by Crippen LogP contribution is 2.32. The van der Waals surface area contributed by atoms with E-state index in [2.05, 4.69) is 4.98 Å². The molecule has 1 aromatic heterocycles. The molecule has 2 heterocycles. The quantitative estimate of drug-likeness (QED) is 0.353. The highest BCUT2D eigenvalue weighted by molar-refractivity contribution is 5.83. The standard InChI is InChI=1S/C30H38N4O3/c1-19-15-22(37-29(36)30(3,4)5)16-20(2)23(19)17-24(31)28(35)34-14-10-9-13-26(34)27-32-18-25(33-27)21-11-7-6-8-12-21/h6-8,11-12,15-16,18,24,26H,9-10,13-14,17,31H2,1-5H3,(H,32,33). The Labute approximate surface area is 219 Å². The smallest absolute Gasteiger partial charge is 0.316 e. The van der Waals surface area contributed by atoms with Crippen LogP contribution in [0.25, 0.3) is 11.3 Å². The van der Waals surface area contributed by atoms with E-state index < -0.39 is 11.5 Å². The van der Waals surface area contributed by atoms with Crippen molar-refractivity contribution < 1.29 is 14.3 Å². The molecule has 0 bridgehead atoms. The van der Waals surface area contributed by atoms with Crippen LogP contribution in [0.15, 0.2) is 48.7 Å². The maximum atomic E-state index is 13.6. The summed E-state index contributed by atoms with van der Waals surface area (Å²) in [5.41, 5.74) is 10.8. The summed E-state index contributed by atoms with van der Waals surface area (Å²) in [5.74, 6) is 0.970. The van der Waals surface area contributed by atoms with Gasteiger partial charge in [-0.1, -0.05) is 30.3 Å². The molecule has 7 heteroatoms. The third-order valence-corrected chi connectivity index (χ3v) is 7.00. The molecule has 1 aliphatic heterocycles. The number of aryl methyl sites for hydroxylation is 2. The van der Waals surface area contributed by atoms with Gasteiger partial charge in [-0.2, -0.15) is 0 Å². The minimum absolute atomic E-state index is 0.0654. The second-order valence-corrected chi connectivity index (χ2v) is 11.1. The average molecular weight is 503 g/mol. The van der Waals surface area contributed by atoms with E-state index in [1.807, 2.05) is 88.2 Å². The zero-order valence-corrected chi connectivity index (χ0v) is 22.5. The Bertz CT molecular complexity index is 1240. The first-order valence-electron chi connectivity index (χ1n) is 13.0. The number of ether oxygens (including phenoxy) is 1. The second-order valence-electron chi connectivity index (χ2n) is 11.1. The van der Waals surface area contributed by atoms with Gasteiger partial charge in [0, 0.05) is 18.3 Å². The molecule has 1 amide bonds. The maximum absolute atomic E-state index is 13.6. The number of nitrogens with one attached hydrogen (secondary N) is 1. The number of hydrogen-bond acceptors (Lipinski definition) is 5. The van der Waals surface area contributed by atoms with Gasteiger partial charge in [-0.15, -0.1) is 0 Å². The number of piperidine rings is 1. The Balaban J connectivity index is 1.49. The van der Waals surface area contributed by atoms with Crippen LogP contribution in [0.4, 0.5) is 0 Å². The molecule has 0 saturated carbocycles. The molecule has 3 N–H and O–H groups in total. The average Bonchev–Trinajstić information content (AvgIpc) is 3.36. The van der Waals surface area contributed by atoms with Gasteiger partial charge in [0.2, 0.25) is 5.91 Å². The number of nitrogens with zero attached hydrogens (tertiary/aromatic N) is 2. The van der Waals surface area contributed by atoms with Gasteiger partial charge in [0.05, 0.1) is 23.2 Å². The molecule has 4 rings (SSSR count). The van der Waals surface area contributed by atoms with E-state index in [0.717, 1.165) is 53.0 Å². The number of amides is 1. The highest BCUT2D eigenvalue weighted by atomic mass is 16.5. The zero-order chi connectivity index (χ0) is 26.7. The first kappa shape index (κ1) is 26.6. The summed E-state index contributed by atoms with van der Waals surface area (Å²) in [6, 6.07) is 12.9. The Kier molecular flexibility index (Phi) is 7.83. The third-order valence-electron chi connectivity index (χ3n) is 7.00. The molecule has 2 atom stereocenters. The van der Waals surface area contributed by atoms with Crippen molar-refractivity contribution in [3.05, 3.63) is 71.2 Å². The molecule has 2 aromatic carbocycles. The Morgan fingerprint density at radius 2 is 1.81 bits per heavy atom. The minimum Gasteiger partial charge on any atom is -0.426 e. The molecule has 37 heavy (non-hydrogen) atoms. The lowest BCUT2D eigenvalue weighted by Crippen LogP contribution is -2.48. The topological polar surface area (TPSA) is 101 Å². The van der Waals surface area contributed by atoms with Crippen molar-refractivity contribution >= 4 is 11.9 Å². The third kappa shape index (κ3) is 6.10. The zero-order valence-electron chi connectivity index (χ0n) is 22.5. The Hall–Kier alpha value is -3.45. The number of likely N-dealkylation sites (tertiary alicyclic amines) is 1. The second kappa shape index (κ2) is 10.9. The molecule has 0 aliphatic carbocycles. The van der Waals surface area contributed by atoms with E-state index in [1.165, 1.54) is 0 Å². The van der Waals surface area contributed by atoms with Gasteiger partial charge in [0.25, 0.3) is 0 Å². The van der Waals surface area contributed by atoms with Crippen molar-refractivity contribution in [1.29, 1.82) is 0 Å². The molecule has 3 aromatic rings. The number of aromatic amines is 1. The van der Waals surface area contributed by atoms with E-state index in [0.29, 0.717) is 18.7 Å². The number of esters is 1. The van der Waals surface area contributed by atoms with Crippen molar-refractivity contribution in [2.24, 2.45) is 11.1 Å². The lowest BCUT2D eigenvalue weighted by molar-refractivity contribution is -0.143. The molecule has 2 unspecified atom stereocenters. The summed E-state index contributed by atoms with van der Waals surface area (Å²) in [7, 11) is 0. The molecule has 1 saturated heterocycles. The Morgan fingerprint density at radius 3 is 2.46 bits per heavy atom. The first-order chi connectivity index (χ1) is 17.5. The fourth-order valence-electron chi connectivity index (χ4n) is 4.86. The van der Waals surface area contributed by atoms with Gasteiger partial charge in [-0.05, 0) is 89.1 Å². The summed E-state index contributed by atoms with van der Waals surface area (Å²) < 4.78 is 5.58. The SMILES string of the molecule is Cc1cc(OC(=O)C(C)(C)C)cc(C)c1CC(N)C(=O)N1CCCCC1c1nc(-c2ccccc2)c[nH]1. The van der Waals surface area contributed by atoms with Crippen molar-refractivity contribution in [3.8, 4) is 17.0 Å². The van der Waals surface area contributed by atoms with E-state index >= 15 is 0 Å². The number of imidazole rings is 1. The van der Waals surface area contributed by atoms with Crippen LogP contribution in [0.2, 0.25) is 0 Å². The number of H-pyrrole nitrogens is 1. The van der Waals surface area contributed by atoms with E-state index in [1.54, 1.807) is 0 Å². The van der Waals surface area contributed by atoms with Gasteiger partial charge >= 0.3 is 5.97 Å². The summed E-state index contributed by atoms with van der Waals surface area (Å²) in [6.07, 6.45) is 5.17. The lowest BCUT2D eigenvalue weighted by atomic mass is 9.94. The fourth-order valence-corrected chi connectivity index (χ4v) is 4.86. The van der Waals surface area contributed by atoms with Gasteiger partial charge in [0.15, 0.2) is 0 Å². The molecule has 0 radical (unpaired) electrons. The lowest BCUT2D eigenvalue weighted by Gasteiger charge is -2.36. The molecule has 1 fully saturated rings. The summed E-state index contributed by atoms with van der Waals surface area (Å²) in [4.78, 5) is 35.9. The van der Waals surface area contributed by atoms with Gasteiger partial charge in [-0.3, -0.25) is 9.59 Å². The summed E-state index contributed by atoms with van der Waals surface area (Å²) in [6.45, 7) is 10.1. The number of carbonyl (C=O) groups excluding carboxylic acids is 2. The van der Waals surface area contributed by atoms with Crippen LogP contribution in [0, 0.1) is 19.3 Å². The number of nitrogens with two attached hydrogens (primary N) is 1. The van der Waals surface area contributed by atoms with E-state index in [4.69, 9.17) is 15.5 Å². The predicted molar refractivity (Wildman–Crippen MR) is 145 cm³/mol. The minimum atomic E-state index is -0.676. The van der Waals surface area contributed by atoms with Crippen LogP contribution in [0.3, 0.4) is 0 Å². The number of hydrogen-bond donors (Lipinski definition) is 2. The molecule has 196 valence electrons. The van der Waals surface area contributed by atoms with E-state index in [-0.39, 0.29) is 17.9 Å². The molecular formula is C30H38N4O3. The molecule has 0 spiro atoms. The van der Waals surface area contributed by atoms with Gasteiger partial charge in [0.1, 0.15) is 11.6 Å². The molecule has 7 nitrogen and oxygen atoms in total. The number of aromatic nitrogens is 2. The molecular weight excluding hydrogens is 464 g/mol. The number of carbonyl (C=O) groups is 2. The molecule has 1 aliphatic rings. The van der Waals surface area contributed by atoms with E-state index in [9.17, 15) is 9.59 Å². The summed E-state index contributed by atoms with van der Waals surface area (Å²) in [5, 5.41) is 0. The first-order valence-corrected chi connectivity index (χ1v) is 13.0. The van der Waals surface area contributed by atoms with Crippen LogP contribution < -0.4 is 10.5 Å². The highest BCUT2D eigenvalue weighted by Gasteiger charge is 2.33. The van der Waals surface area contributed by atoms with Crippen molar-refractivity contribution in [3.63, 3.8) is 0 Å². The fraction of sp³-hybridized carbons (Fsp3) is 0.433. The summed E-state index contributed by atoms with van der Waals surface area (Å²) >= 11 is 0. The Morgan fingerprint density at radius 1 is 1.14 bits per heavy atom. The largest absolute Gasteiger partial charge is 0.426 e. The van der Waals surface area contributed by atoms with Crippen LogP contribution >= 0.6 is 0 Å². The monoisotopic (exact) mass is 502 g/mol. The number of rotatable bonds is 6. The predicted octanol–water partition coefficient (Wildman–Crippen LogP) is 5.27. The van der Waals surface area contributed by atoms with Gasteiger partial charge in [-0.25, -0.2) is 4.98 Å². The maximum Gasteiger partial charge on any atom is 0.316 e.